The van der Waals surface area contributed by atoms with Gasteiger partial charge in [0.05, 0.1) is 10.7 Å². The van der Waals surface area contributed by atoms with Crippen molar-refractivity contribution in [1.29, 1.82) is 0 Å². The second kappa shape index (κ2) is 13.3. The van der Waals surface area contributed by atoms with Gasteiger partial charge in [-0.15, -0.1) is 11.3 Å². The van der Waals surface area contributed by atoms with E-state index < -0.39 is 0 Å². The number of hydrogen-bond donors (Lipinski definition) is 2. The summed E-state index contributed by atoms with van der Waals surface area (Å²) in [6.45, 7) is 20.6. The summed E-state index contributed by atoms with van der Waals surface area (Å²) in [7, 11) is 0. The van der Waals surface area contributed by atoms with Gasteiger partial charge < -0.3 is 10.6 Å². The van der Waals surface area contributed by atoms with Gasteiger partial charge in [-0.2, -0.15) is 0 Å². The fourth-order valence-electron chi connectivity index (χ4n) is 4.18. The van der Waals surface area contributed by atoms with Crippen LogP contribution in [0.1, 0.15) is 64.6 Å². The Labute approximate surface area is 188 Å². The van der Waals surface area contributed by atoms with E-state index >= 15 is 0 Å². The van der Waals surface area contributed by atoms with E-state index in [2.05, 4.69) is 72.3 Å². The number of aliphatic imine (C=N–C) groups is 1. The third-order valence-corrected chi connectivity index (χ3v) is 6.65. The molecular formula is C23H44N6S. The van der Waals surface area contributed by atoms with Crippen molar-refractivity contribution in [3.8, 4) is 0 Å². The lowest BCUT2D eigenvalue weighted by Gasteiger charge is -2.31. The van der Waals surface area contributed by atoms with Crippen LogP contribution in [0.25, 0.3) is 0 Å². The molecule has 0 saturated carbocycles. The third-order valence-electron chi connectivity index (χ3n) is 5.82. The van der Waals surface area contributed by atoms with E-state index in [1.165, 1.54) is 23.5 Å². The fraction of sp³-hybridized carbons (Fsp3) is 0.826. The number of thiazole rings is 1. The van der Waals surface area contributed by atoms with Crippen LogP contribution < -0.4 is 10.6 Å². The molecule has 1 aliphatic rings. The molecule has 172 valence electrons. The normalized spacial score (nSPS) is 16.8. The van der Waals surface area contributed by atoms with Crippen LogP contribution in [-0.4, -0.2) is 72.1 Å². The second-order valence-electron chi connectivity index (χ2n) is 9.00. The molecule has 0 radical (unpaired) electrons. The molecule has 1 aromatic rings. The summed E-state index contributed by atoms with van der Waals surface area (Å²) >= 11 is 1.75. The molecule has 6 nitrogen and oxygen atoms in total. The summed E-state index contributed by atoms with van der Waals surface area (Å²) in [5.41, 5.74) is 1.22. The van der Waals surface area contributed by atoms with Crippen LogP contribution in [0.2, 0.25) is 0 Å². The van der Waals surface area contributed by atoms with Gasteiger partial charge in [0.2, 0.25) is 0 Å². The van der Waals surface area contributed by atoms with Crippen LogP contribution in [0.4, 0.5) is 0 Å². The Hall–Kier alpha value is -1.18. The van der Waals surface area contributed by atoms with Crippen molar-refractivity contribution in [2.24, 2.45) is 10.9 Å². The highest BCUT2D eigenvalue weighted by atomic mass is 32.1. The minimum absolute atomic E-state index is 0.595. The predicted octanol–water partition coefficient (Wildman–Crippen LogP) is 3.73. The van der Waals surface area contributed by atoms with Crippen molar-refractivity contribution in [2.75, 3.05) is 39.3 Å². The van der Waals surface area contributed by atoms with Crippen molar-refractivity contribution in [2.45, 2.75) is 79.4 Å². The molecule has 1 saturated heterocycles. The van der Waals surface area contributed by atoms with Gasteiger partial charge in [0, 0.05) is 50.2 Å². The first-order valence-corrected chi connectivity index (χ1v) is 12.7. The number of nitrogens with one attached hydrogen (secondary N) is 2. The third kappa shape index (κ3) is 8.90. The number of nitrogens with zero attached hydrogens (tertiary/aromatic N) is 4. The van der Waals surface area contributed by atoms with Gasteiger partial charge in [0.25, 0.3) is 0 Å². The molecule has 2 heterocycles. The topological polar surface area (TPSA) is 55.8 Å². The van der Waals surface area contributed by atoms with Gasteiger partial charge in [-0.3, -0.25) is 14.8 Å². The molecular weight excluding hydrogens is 392 g/mol. The Balaban J connectivity index is 1.70. The molecule has 1 fully saturated rings. The fourth-order valence-corrected chi connectivity index (χ4v) is 4.78. The van der Waals surface area contributed by atoms with Crippen molar-refractivity contribution < 1.29 is 0 Å². The average Bonchev–Trinajstić information content (AvgIpc) is 3.11. The van der Waals surface area contributed by atoms with Crippen molar-refractivity contribution in [3.05, 3.63) is 16.1 Å². The van der Waals surface area contributed by atoms with E-state index in [1.54, 1.807) is 11.3 Å². The van der Waals surface area contributed by atoms with Crippen LogP contribution in [0.15, 0.2) is 10.4 Å². The van der Waals surface area contributed by atoms with E-state index in [9.17, 15) is 0 Å². The molecule has 0 unspecified atom stereocenters. The molecule has 1 aliphatic heterocycles. The van der Waals surface area contributed by atoms with E-state index in [0.717, 1.165) is 58.2 Å². The zero-order chi connectivity index (χ0) is 21.9. The monoisotopic (exact) mass is 436 g/mol. The van der Waals surface area contributed by atoms with Crippen molar-refractivity contribution in [3.63, 3.8) is 0 Å². The summed E-state index contributed by atoms with van der Waals surface area (Å²) in [6.07, 6.45) is 3.59. The molecule has 0 spiro atoms. The second-order valence-corrected chi connectivity index (χ2v) is 10.1. The Morgan fingerprint density at radius 3 is 2.50 bits per heavy atom. The van der Waals surface area contributed by atoms with Gasteiger partial charge in [0.15, 0.2) is 5.96 Å². The summed E-state index contributed by atoms with van der Waals surface area (Å²) in [5, 5.41) is 10.3. The van der Waals surface area contributed by atoms with E-state index in [-0.39, 0.29) is 0 Å². The zero-order valence-electron chi connectivity index (χ0n) is 20.1. The summed E-state index contributed by atoms with van der Waals surface area (Å²) in [4.78, 5) is 14.6. The highest BCUT2D eigenvalue weighted by Gasteiger charge is 2.20. The van der Waals surface area contributed by atoms with Crippen LogP contribution in [0.5, 0.6) is 0 Å². The molecule has 0 bridgehead atoms. The first-order chi connectivity index (χ1) is 14.4. The van der Waals surface area contributed by atoms with Gasteiger partial charge in [-0.05, 0) is 79.8 Å². The number of rotatable bonds is 11. The smallest absolute Gasteiger partial charge is 0.191 e. The first kappa shape index (κ1) is 25.1. The minimum atomic E-state index is 0.595. The summed E-state index contributed by atoms with van der Waals surface area (Å²) in [6, 6.07) is 1.19. The van der Waals surface area contributed by atoms with Gasteiger partial charge in [0.1, 0.15) is 0 Å². The van der Waals surface area contributed by atoms with Gasteiger partial charge >= 0.3 is 0 Å². The lowest BCUT2D eigenvalue weighted by Crippen LogP contribution is -2.41. The van der Waals surface area contributed by atoms with Crippen molar-refractivity contribution >= 4 is 17.3 Å². The summed E-state index contributed by atoms with van der Waals surface area (Å²) in [5.74, 6) is 1.66. The number of aromatic nitrogens is 1. The number of guanidine groups is 1. The lowest BCUT2D eigenvalue weighted by molar-refractivity contribution is 0.173. The van der Waals surface area contributed by atoms with Crippen LogP contribution in [0, 0.1) is 12.8 Å². The van der Waals surface area contributed by atoms with Crippen molar-refractivity contribution in [1.82, 2.24) is 25.4 Å². The molecule has 30 heavy (non-hydrogen) atoms. The maximum atomic E-state index is 4.89. The molecule has 0 aliphatic carbocycles. The highest BCUT2D eigenvalue weighted by Crippen LogP contribution is 2.20. The number of piperidine rings is 1. The SMILES string of the molecule is CCNC(=NCC1CCN(Cc2csc(C)n2)CC1)NCCCN(C(C)C)C(C)C. The van der Waals surface area contributed by atoms with Crippen LogP contribution in [0.3, 0.4) is 0 Å². The molecule has 2 N–H and O–H groups in total. The Morgan fingerprint density at radius 2 is 1.93 bits per heavy atom. The highest BCUT2D eigenvalue weighted by molar-refractivity contribution is 7.09. The maximum Gasteiger partial charge on any atom is 0.191 e. The lowest BCUT2D eigenvalue weighted by atomic mass is 9.97. The summed E-state index contributed by atoms with van der Waals surface area (Å²) < 4.78 is 0. The standard InChI is InChI=1S/C23H44N6S/c1-7-24-23(25-11-8-12-29(18(2)3)19(4)5)26-15-21-9-13-28(14-10-21)16-22-17-30-20(6)27-22/h17-19,21H,7-16H2,1-6H3,(H2,24,25,26). The molecule has 0 amide bonds. The molecule has 2 rings (SSSR count). The quantitative estimate of drug-likeness (QED) is 0.314. The number of likely N-dealkylation sites (tertiary alicyclic amines) is 1. The Morgan fingerprint density at radius 1 is 1.23 bits per heavy atom. The van der Waals surface area contributed by atoms with E-state index in [0.29, 0.717) is 18.0 Å². The maximum absolute atomic E-state index is 4.89. The number of hydrogen-bond acceptors (Lipinski definition) is 5. The molecule has 7 heteroatoms. The zero-order valence-corrected chi connectivity index (χ0v) is 20.9. The average molecular weight is 437 g/mol. The predicted molar refractivity (Wildman–Crippen MR) is 130 cm³/mol. The van der Waals surface area contributed by atoms with Crippen LogP contribution >= 0.6 is 11.3 Å². The Kier molecular flexibility index (Phi) is 11.1. The minimum Gasteiger partial charge on any atom is -0.357 e. The van der Waals surface area contributed by atoms with Gasteiger partial charge in [-0.1, -0.05) is 0 Å². The Bertz CT molecular complexity index is 611. The molecule has 1 aromatic heterocycles. The van der Waals surface area contributed by atoms with E-state index in [1.807, 2.05) is 0 Å². The largest absolute Gasteiger partial charge is 0.357 e. The molecule has 0 aromatic carbocycles. The molecule has 0 atom stereocenters. The van der Waals surface area contributed by atoms with Crippen LogP contribution in [-0.2, 0) is 6.54 Å². The first-order valence-electron chi connectivity index (χ1n) is 11.8. The van der Waals surface area contributed by atoms with E-state index in [4.69, 9.17) is 4.99 Å². The van der Waals surface area contributed by atoms with Gasteiger partial charge in [-0.25, -0.2) is 4.98 Å². The number of aryl methyl sites for hydroxylation is 1.